The third kappa shape index (κ3) is 33.1. The van der Waals surface area contributed by atoms with Gasteiger partial charge in [0.1, 0.15) is 67.1 Å². The maximum atomic E-state index is 13.5. The predicted octanol–water partition coefficient (Wildman–Crippen LogP) is 7.85. The zero-order chi connectivity index (χ0) is 68.9. The molecule has 0 aromatic carbocycles. The lowest BCUT2D eigenvalue weighted by atomic mass is 9.88. The lowest BCUT2D eigenvalue weighted by molar-refractivity contribution is -0.386. The van der Waals surface area contributed by atoms with Gasteiger partial charge in [0.15, 0.2) is 12.6 Å². The van der Waals surface area contributed by atoms with E-state index in [0.29, 0.717) is 19.3 Å². The molecule has 3 rings (SSSR count). The Kier molecular flexibility index (Phi) is 47.0. The minimum Gasteiger partial charge on any atom is -0.477 e. The first-order valence-corrected chi connectivity index (χ1v) is 37.0. The Morgan fingerprint density at radius 2 is 0.989 bits per heavy atom. The molecule has 3 saturated heterocycles. The summed E-state index contributed by atoms with van der Waals surface area (Å²) < 4.78 is 34.9. The number of carboxylic acid groups (broad SMARTS) is 1. The van der Waals surface area contributed by atoms with Crippen LogP contribution in [0.2, 0.25) is 0 Å². The predicted molar refractivity (Wildman–Crippen MR) is 357 cm³/mol. The molecule has 3 heterocycles. The summed E-state index contributed by atoms with van der Waals surface area (Å²) >= 11 is 0. The first kappa shape index (κ1) is 85.7. The van der Waals surface area contributed by atoms with Crippen molar-refractivity contribution in [1.82, 2.24) is 10.6 Å². The first-order chi connectivity index (χ1) is 45.4. The highest BCUT2D eigenvalue weighted by atomic mass is 16.8. The van der Waals surface area contributed by atoms with Crippen LogP contribution >= 0.6 is 0 Å². The van der Waals surface area contributed by atoms with Crippen LogP contribution in [0, 0.1) is 0 Å². The van der Waals surface area contributed by atoms with Crippen molar-refractivity contribution in [3.05, 3.63) is 12.2 Å². The lowest BCUT2D eigenvalue weighted by Gasteiger charge is -2.50. The van der Waals surface area contributed by atoms with Crippen LogP contribution in [0.15, 0.2) is 12.2 Å². The summed E-state index contributed by atoms with van der Waals surface area (Å²) in [5.74, 6) is -6.10. The molecule has 0 saturated carbocycles. The van der Waals surface area contributed by atoms with E-state index in [-0.39, 0.29) is 18.9 Å². The number of carboxylic acids is 1. The Morgan fingerprint density at radius 1 is 0.543 bits per heavy atom. The summed E-state index contributed by atoms with van der Waals surface area (Å²) in [7, 11) is 0. The molecule has 94 heavy (non-hydrogen) atoms. The minimum absolute atomic E-state index is 0.220. The van der Waals surface area contributed by atoms with Gasteiger partial charge in [-0.05, 0) is 38.5 Å². The van der Waals surface area contributed by atoms with Gasteiger partial charge in [-0.3, -0.25) is 9.59 Å². The number of aliphatic hydroxyl groups excluding tert-OH is 11. The SMILES string of the molecule is CCCCCCCCCCCCC/C=C\CCCCCCCCCC(=O)NC(COC1OC(CO)C(OC2OC(CO)C(O)C(OC3(C(=O)O)CC(O)C(NC(C)=O)C(C(O)C(O)CO)O3)C2O)C(O)C1O)C(O)CCCCCCCCCCCCCCCCCCCC. The number of unbranched alkanes of at least 4 members (excludes halogenated alkanes) is 35. The normalized spacial score (nSPS) is 27.9. The number of nitrogens with one attached hydrogen (secondary N) is 2. The highest BCUT2D eigenvalue weighted by Gasteiger charge is 2.60. The van der Waals surface area contributed by atoms with E-state index in [1.54, 1.807) is 0 Å². The number of allylic oxidation sites excluding steroid dienone is 2. The van der Waals surface area contributed by atoms with Gasteiger partial charge in [-0.1, -0.05) is 238 Å². The summed E-state index contributed by atoms with van der Waals surface area (Å²) in [5.41, 5.74) is 0. The Bertz CT molecular complexity index is 1940. The standard InChI is InChI=1S/C71H132N2O21/c1-4-6-8-10-12-14-16-18-20-22-24-25-26-27-29-31-33-35-37-39-41-43-45-58(81)73-52(53(78)44-42-40-38-36-34-32-30-28-23-21-19-17-15-13-11-9-7-5-2)50-89-68-63(85)62(84)65(57(49-76)91-68)92-69-64(86)67(61(83)56(48-75)90-69)94-71(70(87)88)46-54(79)59(72-51(3)77)66(93-71)60(82)55(80)47-74/h26-27,52-57,59-69,74-76,78-80,82-86H,4-25,28-50H2,1-3H3,(H,72,77)(H,73,81)(H,87,88)/b27-26-. The molecule has 3 aliphatic rings. The fourth-order valence-electron chi connectivity index (χ4n) is 13.1. The molecule has 3 fully saturated rings. The average molecular weight is 1350 g/mol. The van der Waals surface area contributed by atoms with Crippen molar-refractivity contribution in [3.63, 3.8) is 0 Å². The van der Waals surface area contributed by atoms with Crippen LogP contribution in [-0.4, -0.2) is 215 Å². The molecule has 0 radical (unpaired) electrons. The molecule has 0 aliphatic carbocycles. The molecule has 0 spiro atoms. The van der Waals surface area contributed by atoms with Crippen molar-refractivity contribution in [2.75, 3.05) is 26.4 Å². The van der Waals surface area contributed by atoms with Gasteiger partial charge >= 0.3 is 5.97 Å². The van der Waals surface area contributed by atoms with Crippen molar-refractivity contribution in [1.29, 1.82) is 0 Å². The fraction of sp³-hybridized carbons (Fsp3) is 0.930. The molecule has 23 heteroatoms. The van der Waals surface area contributed by atoms with Crippen molar-refractivity contribution in [3.8, 4) is 0 Å². The number of amides is 2. The van der Waals surface area contributed by atoms with E-state index in [4.69, 9.17) is 28.4 Å². The van der Waals surface area contributed by atoms with Crippen LogP contribution in [0.4, 0.5) is 0 Å². The van der Waals surface area contributed by atoms with Gasteiger partial charge in [-0.2, -0.15) is 0 Å². The van der Waals surface area contributed by atoms with Crippen LogP contribution in [-0.2, 0) is 42.8 Å². The molecule has 552 valence electrons. The maximum absolute atomic E-state index is 13.5. The van der Waals surface area contributed by atoms with Crippen molar-refractivity contribution >= 4 is 17.8 Å². The second-order valence-corrected chi connectivity index (χ2v) is 27.2. The third-order valence-corrected chi connectivity index (χ3v) is 19.0. The van der Waals surface area contributed by atoms with Gasteiger partial charge in [0.05, 0.1) is 50.7 Å². The van der Waals surface area contributed by atoms with Gasteiger partial charge < -0.3 is 100 Å². The molecule has 2 amide bonds. The highest BCUT2D eigenvalue weighted by Crippen LogP contribution is 2.39. The zero-order valence-electron chi connectivity index (χ0n) is 57.8. The number of rotatable bonds is 57. The average Bonchev–Trinajstić information content (AvgIpc) is 0.761. The summed E-state index contributed by atoms with van der Waals surface area (Å²) in [4.78, 5) is 38.6. The van der Waals surface area contributed by atoms with Gasteiger partial charge in [0, 0.05) is 19.8 Å². The highest BCUT2D eigenvalue weighted by molar-refractivity contribution is 5.77. The monoisotopic (exact) mass is 1350 g/mol. The Balaban J connectivity index is 1.56. The molecule has 18 atom stereocenters. The van der Waals surface area contributed by atoms with Crippen LogP contribution in [0.3, 0.4) is 0 Å². The van der Waals surface area contributed by atoms with E-state index in [1.165, 1.54) is 154 Å². The quantitative estimate of drug-likeness (QED) is 0.0203. The summed E-state index contributed by atoms with van der Waals surface area (Å²) in [5, 5.41) is 136. The molecule has 23 nitrogen and oxygen atoms in total. The molecule has 14 N–H and O–H groups in total. The number of hydrogen-bond acceptors (Lipinski definition) is 20. The maximum Gasteiger partial charge on any atom is 0.364 e. The van der Waals surface area contributed by atoms with E-state index < -0.39 is 148 Å². The third-order valence-electron chi connectivity index (χ3n) is 19.0. The number of aliphatic hydroxyl groups is 11. The number of hydrogen-bond donors (Lipinski definition) is 14. The van der Waals surface area contributed by atoms with Gasteiger partial charge in [0.25, 0.3) is 5.79 Å². The fourth-order valence-corrected chi connectivity index (χ4v) is 13.1. The molecule has 0 aromatic heterocycles. The second kappa shape index (κ2) is 51.6. The molecule has 0 bridgehead atoms. The van der Waals surface area contributed by atoms with E-state index >= 15 is 0 Å². The molecular formula is C71H132N2O21. The number of carbonyl (C=O) groups is 3. The minimum atomic E-state index is -3.08. The summed E-state index contributed by atoms with van der Waals surface area (Å²) in [6, 6.07) is -2.53. The van der Waals surface area contributed by atoms with E-state index in [1.807, 2.05) is 0 Å². The van der Waals surface area contributed by atoms with E-state index in [9.17, 15) is 75.7 Å². The number of aliphatic carboxylic acids is 1. The van der Waals surface area contributed by atoms with E-state index in [0.717, 1.165) is 84.0 Å². The summed E-state index contributed by atoms with van der Waals surface area (Å²) in [6.45, 7) is 2.23. The van der Waals surface area contributed by atoms with Gasteiger partial charge in [-0.25, -0.2) is 4.79 Å². The van der Waals surface area contributed by atoms with Crippen LogP contribution in [0.5, 0.6) is 0 Å². The summed E-state index contributed by atoms with van der Waals surface area (Å²) in [6.07, 6.45) is 22.0. The zero-order valence-corrected chi connectivity index (χ0v) is 57.8. The smallest absolute Gasteiger partial charge is 0.364 e. The first-order valence-electron chi connectivity index (χ1n) is 37.0. The van der Waals surface area contributed by atoms with Crippen LogP contribution in [0.1, 0.15) is 284 Å². The van der Waals surface area contributed by atoms with Crippen LogP contribution < -0.4 is 10.6 Å². The molecular weight excluding hydrogens is 1220 g/mol. The lowest BCUT2D eigenvalue weighted by Crippen LogP contribution is -2.70. The van der Waals surface area contributed by atoms with Crippen molar-refractivity contribution < 1.29 is 104 Å². The molecule has 3 aliphatic heterocycles. The van der Waals surface area contributed by atoms with Crippen LogP contribution in [0.25, 0.3) is 0 Å². The largest absolute Gasteiger partial charge is 0.477 e. The second-order valence-electron chi connectivity index (χ2n) is 27.2. The Labute approximate surface area is 562 Å². The Hall–Kier alpha value is -2.53. The van der Waals surface area contributed by atoms with Gasteiger partial charge in [0.2, 0.25) is 11.8 Å². The molecule has 0 aromatic rings. The molecule has 18 unspecified atom stereocenters. The Morgan fingerprint density at radius 3 is 1.44 bits per heavy atom. The number of ether oxygens (including phenoxy) is 6. The van der Waals surface area contributed by atoms with Crippen molar-refractivity contribution in [2.45, 2.75) is 394 Å². The van der Waals surface area contributed by atoms with Gasteiger partial charge in [-0.15, -0.1) is 0 Å². The number of carbonyl (C=O) groups excluding carboxylic acids is 2. The van der Waals surface area contributed by atoms with E-state index in [2.05, 4.69) is 36.6 Å². The topological polar surface area (TPSA) is 373 Å². The van der Waals surface area contributed by atoms with Crippen molar-refractivity contribution in [2.24, 2.45) is 0 Å².